The Kier molecular flexibility index (Phi) is 17.3. The number of rotatable bonds is 14. The van der Waals surface area contributed by atoms with Crippen molar-refractivity contribution in [3.8, 4) is 0 Å². The van der Waals surface area contributed by atoms with E-state index in [0.717, 1.165) is 19.3 Å². The van der Waals surface area contributed by atoms with E-state index in [1.165, 1.54) is 19.3 Å². The predicted octanol–water partition coefficient (Wildman–Crippen LogP) is -0.0403. The molecule has 10 heteroatoms. The van der Waals surface area contributed by atoms with Crippen LogP contribution in [0.4, 0.5) is 0 Å². The molecule has 0 aliphatic carbocycles. The fourth-order valence-electron chi connectivity index (χ4n) is 2.20. The normalized spacial score (nSPS) is 12.1. The standard InChI is InChI=1S/C15H30N2O6S.Na.H/c1-2-3-4-5-6-7-8-9-14(19)17-13(12-24(21,22)23)15(20)16-10-11-18;;/h13,18H,2-12H2,1H3,(H,16,20)(H,17,19)(H,21,22,23);;. The van der Waals surface area contributed by atoms with Crippen LogP contribution in [0.15, 0.2) is 0 Å². The number of unbranched alkanes of at least 4 members (excludes halogenated alkanes) is 6. The Balaban J connectivity index is 0. The zero-order valence-electron chi connectivity index (χ0n) is 14.3. The first-order chi connectivity index (χ1) is 11.3. The van der Waals surface area contributed by atoms with Crippen LogP contribution in [0.2, 0.25) is 0 Å². The van der Waals surface area contributed by atoms with Crippen LogP contribution in [0.3, 0.4) is 0 Å². The Morgan fingerprint density at radius 2 is 1.60 bits per heavy atom. The third kappa shape index (κ3) is 17.0. The summed E-state index contributed by atoms with van der Waals surface area (Å²) in [6.07, 6.45) is 7.50. The van der Waals surface area contributed by atoms with E-state index < -0.39 is 33.7 Å². The van der Waals surface area contributed by atoms with Crippen molar-refractivity contribution in [1.29, 1.82) is 0 Å². The van der Waals surface area contributed by atoms with E-state index >= 15 is 0 Å². The molecule has 4 N–H and O–H groups in total. The molecule has 0 saturated heterocycles. The summed E-state index contributed by atoms with van der Waals surface area (Å²) >= 11 is 0. The molecule has 0 heterocycles. The topological polar surface area (TPSA) is 133 Å². The fourth-order valence-corrected chi connectivity index (χ4v) is 2.86. The Hall–Kier alpha value is -0.190. The van der Waals surface area contributed by atoms with Gasteiger partial charge in [-0.05, 0) is 6.42 Å². The zero-order valence-corrected chi connectivity index (χ0v) is 15.1. The van der Waals surface area contributed by atoms with Gasteiger partial charge in [0.15, 0.2) is 0 Å². The summed E-state index contributed by atoms with van der Waals surface area (Å²) in [5.74, 6) is -2.08. The fraction of sp³-hybridized carbons (Fsp3) is 0.867. The van der Waals surface area contributed by atoms with Crippen LogP contribution in [-0.2, 0) is 19.7 Å². The van der Waals surface area contributed by atoms with Gasteiger partial charge in [0.2, 0.25) is 11.8 Å². The van der Waals surface area contributed by atoms with E-state index in [1.54, 1.807) is 0 Å². The van der Waals surface area contributed by atoms with Gasteiger partial charge in [-0.15, -0.1) is 0 Å². The van der Waals surface area contributed by atoms with Crippen molar-refractivity contribution in [2.45, 2.75) is 64.3 Å². The summed E-state index contributed by atoms with van der Waals surface area (Å²) in [4.78, 5) is 23.6. The third-order valence-electron chi connectivity index (χ3n) is 3.45. The molecule has 144 valence electrons. The quantitative estimate of drug-likeness (QED) is 0.187. The maximum atomic E-state index is 11.8. The number of hydrogen-bond acceptors (Lipinski definition) is 5. The van der Waals surface area contributed by atoms with Crippen molar-refractivity contribution in [1.82, 2.24) is 10.6 Å². The molecule has 2 amide bonds. The third-order valence-corrected chi connectivity index (χ3v) is 4.20. The molecular weight excluding hydrogens is 359 g/mol. The molecule has 8 nitrogen and oxygen atoms in total. The Morgan fingerprint density at radius 1 is 1.04 bits per heavy atom. The van der Waals surface area contributed by atoms with Crippen LogP contribution >= 0.6 is 0 Å². The Bertz CT molecular complexity index is 473. The van der Waals surface area contributed by atoms with Gasteiger partial charge in [-0.3, -0.25) is 14.1 Å². The molecule has 0 bridgehead atoms. The molecule has 0 aliphatic rings. The van der Waals surface area contributed by atoms with Crippen molar-refractivity contribution in [3.63, 3.8) is 0 Å². The van der Waals surface area contributed by atoms with Crippen molar-refractivity contribution in [2.24, 2.45) is 0 Å². The van der Waals surface area contributed by atoms with Crippen LogP contribution in [0.1, 0.15) is 58.3 Å². The maximum absolute atomic E-state index is 11.8. The van der Waals surface area contributed by atoms with E-state index in [0.29, 0.717) is 6.42 Å². The van der Waals surface area contributed by atoms with Crippen molar-refractivity contribution in [3.05, 3.63) is 0 Å². The second-order valence-electron chi connectivity index (χ2n) is 5.75. The number of aliphatic hydroxyl groups is 1. The van der Waals surface area contributed by atoms with Crippen molar-refractivity contribution >= 4 is 51.5 Å². The molecule has 0 aromatic rings. The SMILES string of the molecule is CCCCCCCCCC(=O)NC(CS(=O)(=O)O)C(=O)NCCO.[NaH]. The second kappa shape index (κ2) is 16.0. The monoisotopic (exact) mass is 390 g/mol. The van der Waals surface area contributed by atoms with Gasteiger partial charge in [-0.1, -0.05) is 45.4 Å². The minimum atomic E-state index is -4.42. The van der Waals surface area contributed by atoms with Crippen molar-refractivity contribution < 1.29 is 27.7 Å². The number of aliphatic hydroxyl groups excluding tert-OH is 1. The number of amides is 2. The molecule has 1 atom stereocenters. The van der Waals surface area contributed by atoms with Crippen LogP contribution in [0, 0.1) is 0 Å². The average Bonchev–Trinajstić information content (AvgIpc) is 2.49. The van der Waals surface area contributed by atoms with Gasteiger partial charge in [0, 0.05) is 13.0 Å². The molecule has 0 fully saturated rings. The molecule has 0 aromatic heterocycles. The van der Waals surface area contributed by atoms with Crippen LogP contribution in [0.5, 0.6) is 0 Å². The number of hydrogen-bond donors (Lipinski definition) is 4. The molecule has 0 radical (unpaired) electrons. The molecule has 0 saturated carbocycles. The van der Waals surface area contributed by atoms with E-state index in [9.17, 15) is 18.0 Å². The number of nitrogens with one attached hydrogen (secondary N) is 2. The van der Waals surface area contributed by atoms with Gasteiger partial charge >= 0.3 is 29.6 Å². The summed E-state index contributed by atoms with van der Waals surface area (Å²) in [7, 11) is -4.42. The summed E-state index contributed by atoms with van der Waals surface area (Å²) in [5.41, 5.74) is 0. The molecule has 0 rings (SSSR count). The minimum absolute atomic E-state index is 0. The summed E-state index contributed by atoms with van der Waals surface area (Å²) in [6.45, 7) is 1.77. The van der Waals surface area contributed by atoms with Crippen LogP contribution in [-0.4, -0.2) is 84.4 Å². The molecule has 0 aromatic carbocycles. The molecular formula is C15H31N2NaO6S. The summed E-state index contributed by atoms with van der Waals surface area (Å²) < 4.78 is 30.8. The first kappa shape index (κ1) is 27.0. The predicted molar refractivity (Wildman–Crippen MR) is 98.2 cm³/mol. The van der Waals surface area contributed by atoms with E-state index in [4.69, 9.17) is 9.66 Å². The summed E-state index contributed by atoms with van der Waals surface area (Å²) in [5, 5.41) is 13.3. The molecule has 0 spiro atoms. The average molecular weight is 390 g/mol. The first-order valence-electron chi connectivity index (χ1n) is 8.43. The van der Waals surface area contributed by atoms with E-state index in [-0.39, 0.29) is 49.1 Å². The van der Waals surface area contributed by atoms with Crippen LogP contribution in [0.25, 0.3) is 0 Å². The Morgan fingerprint density at radius 3 is 2.12 bits per heavy atom. The van der Waals surface area contributed by atoms with Gasteiger partial charge < -0.3 is 15.7 Å². The van der Waals surface area contributed by atoms with Gasteiger partial charge in [0.05, 0.1) is 6.61 Å². The summed E-state index contributed by atoms with van der Waals surface area (Å²) in [6, 6.07) is -1.37. The molecule has 0 aliphatic heterocycles. The zero-order chi connectivity index (χ0) is 18.4. The van der Waals surface area contributed by atoms with E-state index in [1.807, 2.05) is 0 Å². The number of carbonyl (C=O) groups is 2. The first-order valence-corrected chi connectivity index (χ1v) is 10.0. The van der Waals surface area contributed by atoms with Crippen LogP contribution < -0.4 is 10.6 Å². The van der Waals surface area contributed by atoms with Gasteiger partial charge in [0.1, 0.15) is 11.8 Å². The molecule has 25 heavy (non-hydrogen) atoms. The van der Waals surface area contributed by atoms with Gasteiger partial charge in [-0.25, -0.2) is 0 Å². The van der Waals surface area contributed by atoms with Crippen molar-refractivity contribution in [2.75, 3.05) is 18.9 Å². The number of carbonyl (C=O) groups excluding carboxylic acids is 2. The second-order valence-corrected chi connectivity index (χ2v) is 7.25. The Labute approximate surface area is 172 Å². The van der Waals surface area contributed by atoms with Gasteiger partial charge in [-0.2, -0.15) is 8.42 Å². The molecule has 1 unspecified atom stereocenters. The van der Waals surface area contributed by atoms with E-state index in [2.05, 4.69) is 17.6 Å². The van der Waals surface area contributed by atoms with Gasteiger partial charge in [0.25, 0.3) is 10.1 Å².